The molecule has 0 spiro atoms. The summed E-state index contributed by atoms with van der Waals surface area (Å²) in [6, 6.07) is 0.709. The van der Waals surface area contributed by atoms with Crippen LogP contribution in [0.1, 0.15) is 186 Å². The molecule has 2 saturated carbocycles. The second-order valence-electron chi connectivity index (χ2n) is 15.1. The van der Waals surface area contributed by atoms with Gasteiger partial charge in [0.05, 0.1) is 0 Å². The zero-order chi connectivity index (χ0) is 33.6. The van der Waals surface area contributed by atoms with Crippen LogP contribution in [0.5, 0.6) is 0 Å². The zero-order valence-electron chi connectivity index (χ0n) is 30.6. The van der Waals surface area contributed by atoms with E-state index in [4.69, 9.17) is 11.5 Å². The highest BCUT2D eigenvalue weighted by Crippen LogP contribution is 2.35. The number of carbonyl (C=O) groups is 2. The molecular weight excluding hydrogens is 584 g/mol. The molecule has 4 amide bonds. The van der Waals surface area contributed by atoms with Gasteiger partial charge in [-0.1, -0.05) is 103 Å². The maximum Gasteiger partial charge on any atom is 0.315 e. The summed E-state index contributed by atoms with van der Waals surface area (Å²) < 4.78 is 0. The molecule has 0 radical (unpaired) electrons. The van der Waals surface area contributed by atoms with E-state index >= 15 is 0 Å². The van der Waals surface area contributed by atoms with Gasteiger partial charge in [0.15, 0.2) is 0 Å². The third-order valence-corrected chi connectivity index (χ3v) is 10.9. The third-order valence-electron chi connectivity index (χ3n) is 10.9. The van der Waals surface area contributed by atoms with Crippen molar-refractivity contribution in [2.24, 2.45) is 23.3 Å². The van der Waals surface area contributed by atoms with Gasteiger partial charge < -0.3 is 32.7 Å². The first-order valence-corrected chi connectivity index (χ1v) is 20.6. The lowest BCUT2D eigenvalue weighted by Gasteiger charge is -2.34. The minimum absolute atomic E-state index is 0.0247. The van der Waals surface area contributed by atoms with Crippen molar-refractivity contribution in [3.8, 4) is 0 Å². The van der Waals surface area contributed by atoms with Crippen molar-refractivity contribution in [2.45, 2.75) is 198 Å². The quantitative estimate of drug-likeness (QED) is 0.0467. The van der Waals surface area contributed by atoms with Gasteiger partial charge in [0, 0.05) is 25.2 Å². The van der Waals surface area contributed by atoms with E-state index in [-0.39, 0.29) is 12.1 Å². The Morgan fingerprint density at radius 1 is 0.404 bits per heavy atom. The molecule has 276 valence electrons. The maximum absolute atomic E-state index is 12.4. The van der Waals surface area contributed by atoms with Gasteiger partial charge in [0.2, 0.25) is 0 Å². The van der Waals surface area contributed by atoms with Crippen LogP contribution in [0.3, 0.4) is 0 Å². The smallest absolute Gasteiger partial charge is 0.315 e. The second-order valence-corrected chi connectivity index (χ2v) is 15.1. The fourth-order valence-corrected chi connectivity index (χ4v) is 7.80. The predicted octanol–water partition coefficient (Wildman–Crippen LogP) is 8.81. The first-order valence-electron chi connectivity index (χ1n) is 20.6. The summed E-state index contributed by atoms with van der Waals surface area (Å²) in [5.74, 6) is 1.59. The van der Waals surface area contributed by atoms with Crippen molar-refractivity contribution in [3.63, 3.8) is 0 Å². The summed E-state index contributed by atoms with van der Waals surface area (Å²) in [5, 5.41) is 12.7. The summed E-state index contributed by atoms with van der Waals surface area (Å²) in [6.45, 7) is 3.23. The van der Waals surface area contributed by atoms with Crippen LogP contribution in [0.2, 0.25) is 0 Å². The van der Waals surface area contributed by atoms with E-state index in [9.17, 15) is 9.59 Å². The van der Waals surface area contributed by atoms with Crippen molar-refractivity contribution in [3.05, 3.63) is 0 Å². The molecule has 0 heterocycles. The van der Waals surface area contributed by atoms with Crippen molar-refractivity contribution in [1.82, 2.24) is 21.3 Å². The highest BCUT2D eigenvalue weighted by molar-refractivity contribution is 5.74. The number of nitrogens with one attached hydrogen (secondary N) is 4. The number of nitrogens with two attached hydrogens (primary N) is 2. The van der Waals surface area contributed by atoms with Gasteiger partial charge in [-0.3, -0.25) is 0 Å². The van der Waals surface area contributed by atoms with Crippen LogP contribution in [0.4, 0.5) is 9.59 Å². The minimum atomic E-state index is 0.0247. The van der Waals surface area contributed by atoms with Crippen LogP contribution in [0.25, 0.3) is 0 Å². The molecule has 0 aromatic carbocycles. The maximum atomic E-state index is 12.4. The van der Waals surface area contributed by atoms with E-state index in [1.807, 2.05) is 0 Å². The largest absolute Gasteiger partial charge is 0.338 e. The normalized spacial score (nSPS) is 21.3. The third kappa shape index (κ3) is 23.5. The molecule has 2 fully saturated rings. The molecule has 0 atom stereocenters. The lowest BCUT2D eigenvalue weighted by molar-refractivity contribution is 0.198. The molecule has 0 bridgehead atoms. The number of unbranched alkanes of at least 4 members (excludes halogenated alkanes) is 18. The zero-order valence-corrected chi connectivity index (χ0v) is 30.6. The van der Waals surface area contributed by atoms with Gasteiger partial charge in [0.1, 0.15) is 0 Å². The lowest BCUT2D eigenvalue weighted by Crippen LogP contribution is -2.44. The van der Waals surface area contributed by atoms with Gasteiger partial charge in [-0.25, -0.2) is 9.59 Å². The van der Waals surface area contributed by atoms with Gasteiger partial charge >= 0.3 is 12.1 Å². The van der Waals surface area contributed by atoms with Crippen LogP contribution in [-0.4, -0.2) is 50.3 Å². The van der Waals surface area contributed by atoms with E-state index < -0.39 is 0 Å². The minimum Gasteiger partial charge on any atom is -0.338 e. The van der Waals surface area contributed by atoms with Gasteiger partial charge in [-0.2, -0.15) is 0 Å². The highest BCUT2D eigenvalue weighted by atomic mass is 16.2. The van der Waals surface area contributed by atoms with Crippen molar-refractivity contribution < 1.29 is 9.59 Å². The summed E-state index contributed by atoms with van der Waals surface area (Å²) in [5.41, 5.74) is 11.1. The van der Waals surface area contributed by atoms with Crippen molar-refractivity contribution in [2.75, 3.05) is 26.2 Å². The summed E-state index contributed by atoms with van der Waals surface area (Å²) in [7, 11) is 0. The molecule has 8 N–H and O–H groups in total. The van der Waals surface area contributed by atoms with Gasteiger partial charge in [-0.05, 0) is 108 Å². The summed E-state index contributed by atoms with van der Waals surface area (Å²) in [6.07, 6.45) is 36.1. The lowest BCUT2D eigenvalue weighted by atomic mass is 9.75. The van der Waals surface area contributed by atoms with Crippen molar-refractivity contribution >= 4 is 12.1 Å². The topological polar surface area (TPSA) is 134 Å². The molecule has 47 heavy (non-hydrogen) atoms. The van der Waals surface area contributed by atoms with E-state index in [0.717, 1.165) is 76.5 Å². The molecule has 2 rings (SSSR count). The number of rotatable bonds is 28. The van der Waals surface area contributed by atoms with Gasteiger partial charge in [0.25, 0.3) is 0 Å². The Balaban J connectivity index is 1.37. The molecule has 2 aliphatic rings. The monoisotopic (exact) mass is 663 g/mol. The summed E-state index contributed by atoms with van der Waals surface area (Å²) in [4.78, 5) is 24.8. The Morgan fingerprint density at radius 2 is 0.681 bits per heavy atom. The second kappa shape index (κ2) is 29.4. The fraction of sp³-hybridized carbons (Fsp3) is 0.949. The Labute approximate surface area is 290 Å². The molecular formula is C39H78N6O2. The summed E-state index contributed by atoms with van der Waals surface area (Å²) >= 11 is 0. The predicted molar refractivity (Wildman–Crippen MR) is 200 cm³/mol. The Hall–Kier alpha value is -1.54. The first kappa shape index (κ1) is 41.6. The average Bonchev–Trinajstić information content (AvgIpc) is 3.07. The number of hydrogen-bond donors (Lipinski definition) is 6. The molecule has 0 aromatic rings. The molecule has 2 aliphatic carbocycles. The number of urea groups is 2. The Morgan fingerprint density at radius 3 is 0.979 bits per heavy atom. The molecule has 0 aliphatic heterocycles. The molecule has 8 heteroatoms. The molecule has 8 nitrogen and oxygen atoms in total. The first-order chi connectivity index (χ1) is 23.1. The highest BCUT2D eigenvalue weighted by Gasteiger charge is 2.28. The van der Waals surface area contributed by atoms with Crippen LogP contribution < -0.4 is 32.7 Å². The molecule has 0 aromatic heterocycles. The van der Waals surface area contributed by atoms with E-state index in [1.165, 1.54) is 148 Å². The average molecular weight is 663 g/mol. The number of amides is 4. The van der Waals surface area contributed by atoms with E-state index in [2.05, 4.69) is 21.3 Å². The fourth-order valence-electron chi connectivity index (χ4n) is 7.80. The molecule has 0 saturated heterocycles. The van der Waals surface area contributed by atoms with Gasteiger partial charge in [-0.15, -0.1) is 0 Å². The Bertz CT molecular complexity index is 677. The van der Waals surface area contributed by atoms with Crippen LogP contribution in [0, 0.1) is 11.8 Å². The SMILES string of the molecule is NCCCCCCCCCCCCNC(=O)NC1CCC(CC2CCC(NC(=O)NCCCCCCCCCCCCN)CC2)CC1. The number of hydrogen-bond acceptors (Lipinski definition) is 4. The number of carbonyl (C=O) groups excluding carboxylic acids is 2. The van der Waals surface area contributed by atoms with E-state index in [0.29, 0.717) is 12.1 Å². The Kier molecular flexibility index (Phi) is 26.0. The standard InChI is InChI=1S/C39H78N6O2/c40-29-17-13-9-5-1-3-7-11-15-19-31-42-38(46)44-36-25-21-34(22-26-36)33-35-23-27-37(28-24-35)45-39(47)43-32-20-16-12-8-4-2-6-10-14-18-30-41/h34-37H,1-33,40-41H2,(H2,42,44,46)(H2,43,45,47). The van der Waals surface area contributed by atoms with Crippen LogP contribution in [-0.2, 0) is 0 Å². The van der Waals surface area contributed by atoms with Crippen LogP contribution >= 0.6 is 0 Å². The van der Waals surface area contributed by atoms with E-state index in [1.54, 1.807) is 0 Å². The molecule has 0 unspecified atom stereocenters. The van der Waals surface area contributed by atoms with Crippen LogP contribution in [0.15, 0.2) is 0 Å². The van der Waals surface area contributed by atoms with Crippen molar-refractivity contribution in [1.29, 1.82) is 0 Å².